The van der Waals surface area contributed by atoms with Gasteiger partial charge in [0.25, 0.3) is 0 Å². The molecular formula is C18H18ClN5O2S. The van der Waals surface area contributed by atoms with Crippen molar-refractivity contribution >= 4 is 35.0 Å². The number of carbonyl (C=O) groups is 1. The number of ether oxygens (including phenoxy) is 1. The van der Waals surface area contributed by atoms with Crippen molar-refractivity contribution in [3.8, 4) is 11.4 Å². The van der Waals surface area contributed by atoms with E-state index < -0.39 is 5.25 Å². The van der Waals surface area contributed by atoms with Gasteiger partial charge in [0.2, 0.25) is 11.1 Å². The maximum absolute atomic E-state index is 12.5. The van der Waals surface area contributed by atoms with E-state index in [2.05, 4.69) is 20.8 Å². The van der Waals surface area contributed by atoms with Gasteiger partial charge in [-0.25, -0.2) is 0 Å². The van der Waals surface area contributed by atoms with Gasteiger partial charge in [0.15, 0.2) is 0 Å². The summed E-state index contributed by atoms with van der Waals surface area (Å²) in [4.78, 5) is 12.5. The minimum atomic E-state index is -0.416. The Balaban J connectivity index is 1.77. The van der Waals surface area contributed by atoms with E-state index in [0.717, 1.165) is 11.3 Å². The number of carbonyl (C=O) groups excluding carboxylic acids is 1. The Morgan fingerprint density at radius 3 is 2.70 bits per heavy atom. The number of amides is 1. The van der Waals surface area contributed by atoms with Crippen LogP contribution < -0.4 is 10.1 Å². The van der Waals surface area contributed by atoms with Gasteiger partial charge in [0.1, 0.15) is 11.4 Å². The first kappa shape index (κ1) is 19.2. The highest BCUT2D eigenvalue weighted by molar-refractivity contribution is 8.00. The van der Waals surface area contributed by atoms with Gasteiger partial charge in [-0.3, -0.25) is 4.79 Å². The first-order chi connectivity index (χ1) is 13.0. The second kappa shape index (κ2) is 8.41. The fraction of sp³-hybridized carbons (Fsp3) is 0.222. The predicted octanol–water partition coefficient (Wildman–Crippen LogP) is 3.75. The highest BCUT2D eigenvalue weighted by Gasteiger charge is 2.21. The zero-order valence-corrected chi connectivity index (χ0v) is 16.6. The molecule has 0 bridgehead atoms. The van der Waals surface area contributed by atoms with E-state index in [9.17, 15) is 4.79 Å². The third-order valence-electron chi connectivity index (χ3n) is 3.77. The fourth-order valence-electron chi connectivity index (χ4n) is 2.36. The number of thioether (sulfide) groups is 1. The third kappa shape index (κ3) is 4.58. The first-order valence-electron chi connectivity index (χ1n) is 8.14. The molecule has 7 nitrogen and oxygen atoms in total. The largest absolute Gasteiger partial charge is 0.494 e. The third-order valence-corrected chi connectivity index (χ3v) is 5.05. The highest BCUT2D eigenvalue weighted by Crippen LogP contribution is 2.29. The van der Waals surface area contributed by atoms with Crippen LogP contribution in [-0.4, -0.2) is 38.5 Å². The van der Waals surface area contributed by atoms with Crippen LogP contribution in [0.4, 0.5) is 5.69 Å². The molecule has 3 aromatic rings. The summed E-state index contributed by atoms with van der Waals surface area (Å²) >= 11 is 7.13. The lowest BCUT2D eigenvalue weighted by Crippen LogP contribution is -2.22. The van der Waals surface area contributed by atoms with Gasteiger partial charge >= 0.3 is 0 Å². The number of hydrogen-bond acceptors (Lipinski definition) is 6. The Morgan fingerprint density at radius 2 is 2.00 bits per heavy atom. The number of benzene rings is 2. The normalized spacial score (nSPS) is 11.9. The standard InChI is InChI=1S/C18H18ClN5O2S/c1-11-4-9-16(26-3)15(10-11)24-18(21-22-23-24)27-12(2)17(25)20-14-7-5-13(19)6-8-14/h4-10,12H,1-3H3,(H,20,25)/t12-/m0/s1. The lowest BCUT2D eigenvalue weighted by atomic mass is 10.2. The Hall–Kier alpha value is -2.58. The van der Waals surface area contributed by atoms with E-state index in [1.54, 1.807) is 43.0 Å². The number of hydrogen-bond donors (Lipinski definition) is 1. The molecule has 0 unspecified atom stereocenters. The molecule has 0 saturated heterocycles. The number of anilines is 1. The number of halogens is 1. The Kier molecular flexibility index (Phi) is 5.98. The van der Waals surface area contributed by atoms with E-state index in [0.29, 0.717) is 21.6 Å². The van der Waals surface area contributed by atoms with Crippen LogP contribution in [-0.2, 0) is 4.79 Å². The number of rotatable bonds is 6. The molecule has 0 aliphatic rings. The number of nitrogens with zero attached hydrogens (tertiary/aromatic N) is 4. The molecule has 3 rings (SSSR count). The second-order valence-electron chi connectivity index (χ2n) is 5.80. The van der Waals surface area contributed by atoms with E-state index >= 15 is 0 Å². The Bertz CT molecular complexity index is 945. The average molecular weight is 404 g/mol. The second-order valence-corrected chi connectivity index (χ2v) is 7.55. The summed E-state index contributed by atoms with van der Waals surface area (Å²) in [5.74, 6) is 0.487. The molecule has 1 atom stereocenters. The van der Waals surface area contributed by atoms with Crippen molar-refractivity contribution < 1.29 is 9.53 Å². The van der Waals surface area contributed by atoms with Gasteiger partial charge in [-0.15, -0.1) is 5.10 Å². The molecule has 0 saturated carbocycles. The zero-order chi connectivity index (χ0) is 19.4. The van der Waals surface area contributed by atoms with Crippen LogP contribution in [0.25, 0.3) is 5.69 Å². The van der Waals surface area contributed by atoms with Crippen molar-refractivity contribution in [3.05, 3.63) is 53.1 Å². The highest BCUT2D eigenvalue weighted by atomic mass is 35.5. The van der Waals surface area contributed by atoms with E-state index in [1.807, 2.05) is 25.1 Å². The lowest BCUT2D eigenvalue weighted by Gasteiger charge is -2.13. The number of nitrogens with one attached hydrogen (secondary N) is 1. The van der Waals surface area contributed by atoms with Crippen LogP contribution >= 0.6 is 23.4 Å². The molecule has 1 amide bonds. The summed E-state index contributed by atoms with van der Waals surface area (Å²) in [5.41, 5.74) is 2.44. The monoisotopic (exact) mass is 403 g/mol. The summed E-state index contributed by atoms with van der Waals surface area (Å²) < 4.78 is 6.98. The first-order valence-corrected chi connectivity index (χ1v) is 9.40. The average Bonchev–Trinajstić information content (AvgIpc) is 3.11. The molecule has 1 aromatic heterocycles. The molecule has 1 heterocycles. The number of methoxy groups -OCH3 is 1. The molecule has 0 fully saturated rings. The molecule has 0 aliphatic heterocycles. The summed E-state index contributed by atoms with van der Waals surface area (Å²) in [7, 11) is 1.59. The minimum Gasteiger partial charge on any atom is -0.494 e. The lowest BCUT2D eigenvalue weighted by molar-refractivity contribution is -0.115. The van der Waals surface area contributed by atoms with Crippen molar-refractivity contribution in [1.29, 1.82) is 0 Å². The molecular weight excluding hydrogens is 386 g/mol. The van der Waals surface area contributed by atoms with Gasteiger partial charge < -0.3 is 10.1 Å². The molecule has 9 heteroatoms. The molecule has 0 spiro atoms. The number of tetrazole rings is 1. The predicted molar refractivity (Wildman–Crippen MR) is 106 cm³/mol. The molecule has 2 aromatic carbocycles. The van der Waals surface area contributed by atoms with Crippen LogP contribution in [0.3, 0.4) is 0 Å². The molecule has 1 N–H and O–H groups in total. The van der Waals surface area contributed by atoms with Crippen molar-refractivity contribution in [2.75, 3.05) is 12.4 Å². The van der Waals surface area contributed by atoms with E-state index in [1.165, 1.54) is 11.8 Å². The fourth-order valence-corrected chi connectivity index (χ4v) is 3.28. The topological polar surface area (TPSA) is 81.9 Å². The summed E-state index contributed by atoms with van der Waals surface area (Å²) in [6.07, 6.45) is 0. The van der Waals surface area contributed by atoms with Crippen molar-refractivity contribution in [3.63, 3.8) is 0 Å². The van der Waals surface area contributed by atoms with Crippen LogP contribution in [0.1, 0.15) is 12.5 Å². The number of aromatic nitrogens is 4. The summed E-state index contributed by atoms with van der Waals surface area (Å²) in [6.45, 7) is 3.77. The van der Waals surface area contributed by atoms with Crippen molar-refractivity contribution in [1.82, 2.24) is 20.2 Å². The van der Waals surface area contributed by atoms with Crippen LogP contribution in [0.2, 0.25) is 5.02 Å². The van der Waals surface area contributed by atoms with Crippen LogP contribution in [0.5, 0.6) is 5.75 Å². The van der Waals surface area contributed by atoms with Gasteiger partial charge in [0.05, 0.1) is 12.4 Å². The van der Waals surface area contributed by atoms with Crippen LogP contribution in [0, 0.1) is 6.92 Å². The minimum absolute atomic E-state index is 0.159. The van der Waals surface area contributed by atoms with Crippen LogP contribution in [0.15, 0.2) is 47.6 Å². The van der Waals surface area contributed by atoms with Gasteiger partial charge in [-0.05, 0) is 66.2 Å². The molecule has 140 valence electrons. The van der Waals surface area contributed by atoms with Gasteiger partial charge in [-0.2, -0.15) is 4.68 Å². The quantitative estimate of drug-likeness (QED) is 0.631. The smallest absolute Gasteiger partial charge is 0.237 e. The molecule has 0 radical (unpaired) electrons. The van der Waals surface area contributed by atoms with E-state index in [4.69, 9.17) is 16.3 Å². The summed E-state index contributed by atoms with van der Waals surface area (Å²) in [5, 5.41) is 15.4. The SMILES string of the molecule is COc1ccc(C)cc1-n1nnnc1S[C@@H](C)C(=O)Nc1ccc(Cl)cc1. The van der Waals surface area contributed by atoms with Crippen molar-refractivity contribution in [2.24, 2.45) is 0 Å². The molecule has 27 heavy (non-hydrogen) atoms. The Labute approximate surface area is 166 Å². The summed E-state index contributed by atoms with van der Waals surface area (Å²) in [6, 6.07) is 12.7. The Morgan fingerprint density at radius 1 is 1.26 bits per heavy atom. The zero-order valence-electron chi connectivity index (χ0n) is 15.0. The van der Waals surface area contributed by atoms with Crippen molar-refractivity contribution in [2.45, 2.75) is 24.3 Å². The van der Waals surface area contributed by atoms with E-state index in [-0.39, 0.29) is 5.91 Å². The van der Waals surface area contributed by atoms with Gasteiger partial charge in [-0.1, -0.05) is 29.4 Å². The maximum atomic E-state index is 12.5. The van der Waals surface area contributed by atoms with Gasteiger partial charge in [0, 0.05) is 10.7 Å². The molecule has 0 aliphatic carbocycles. The maximum Gasteiger partial charge on any atom is 0.237 e. The number of aryl methyl sites for hydroxylation is 1.